The van der Waals surface area contributed by atoms with Gasteiger partial charge in [0.05, 0.1) is 22.5 Å². The number of para-hydroxylation sites is 1. The molecule has 0 atom stereocenters. The number of benzene rings is 4. The molecule has 14 heteroatoms. The van der Waals surface area contributed by atoms with Crippen LogP contribution in [-0.4, -0.2) is 38.3 Å². The van der Waals surface area contributed by atoms with Crippen molar-refractivity contribution in [3.05, 3.63) is 118 Å². The summed E-state index contributed by atoms with van der Waals surface area (Å²) < 4.78 is 36.4. The van der Waals surface area contributed by atoms with Crippen LogP contribution in [0.4, 0.5) is 34.6 Å². The molecule has 1 aliphatic carbocycles. The van der Waals surface area contributed by atoms with Gasteiger partial charge in [0.1, 0.15) is 4.90 Å². The summed E-state index contributed by atoms with van der Waals surface area (Å²) in [6.07, 6.45) is 0. The van der Waals surface area contributed by atoms with E-state index in [1.54, 1.807) is 43.4 Å². The minimum Gasteiger partial charge on any atom is -0.354 e. The second kappa shape index (κ2) is 11.1. The number of fused-ring (bicyclic) bond motifs is 2. The predicted octanol–water partition coefficient (Wildman–Crippen LogP) is 6.07. The molecule has 0 aliphatic heterocycles. The van der Waals surface area contributed by atoms with Gasteiger partial charge in [0, 0.05) is 35.4 Å². The number of hydrogen-bond donors (Lipinski definition) is 4. The van der Waals surface area contributed by atoms with E-state index in [0.29, 0.717) is 33.3 Å². The van der Waals surface area contributed by atoms with Crippen molar-refractivity contribution in [2.75, 3.05) is 16.0 Å². The van der Waals surface area contributed by atoms with Gasteiger partial charge in [0.25, 0.3) is 15.7 Å². The Morgan fingerprint density at radius 3 is 2.11 bits per heavy atom. The number of carbonyl (C=O) groups is 1. The zero-order chi connectivity index (χ0) is 32.2. The monoisotopic (exact) mass is 651 g/mol. The molecule has 46 heavy (non-hydrogen) atoms. The van der Waals surface area contributed by atoms with Crippen molar-refractivity contribution in [1.82, 2.24) is 19.5 Å². The van der Waals surface area contributed by atoms with E-state index in [9.17, 15) is 22.6 Å². The fourth-order valence-electron chi connectivity index (χ4n) is 5.48. The lowest BCUT2D eigenvalue weighted by atomic mass is 9.83. The van der Waals surface area contributed by atoms with Crippen LogP contribution in [-0.2, 0) is 17.2 Å². The molecule has 12 nitrogen and oxygen atoms in total. The minimum atomic E-state index is -4.71. The third kappa shape index (κ3) is 5.21. The standard InChI is InChI=1S/C32H22ClN7O5S/c1-40-24-13-12-22(28-27(24)21(16-26(40)41)19-9-5-6-10-20(19)29(28)42)36-23-15-18(11-14-25(23)46(43,44)45)35-32-38-30(33)37-31(39-32)34-17-7-3-2-4-8-17/h2-16,36H,1H3,(H,43,44,45)(H2,34,35,37,38,39). The zero-order valence-corrected chi connectivity index (χ0v) is 25.4. The predicted molar refractivity (Wildman–Crippen MR) is 175 cm³/mol. The molecule has 0 spiro atoms. The number of aromatic nitrogens is 4. The molecule has 2 aromatic heterocycles. The van der Waals surface area contributed by atoms with Crippen LogP contribution >= 0.6 is 11.6 Å². The Balaban J connectivity index is 1.32. The molecule has 0 fully saturated rings. The first kappa shape index (κ1) is 29.1. The van der Waals surface area contributed by atoms with Crippen LogP contribution in [0.5, 0.6) is 0 Å². The summed E-state index contributed by atoms with van der Waals surface area (Å²) in [4.78, 5) is 38.9. The normalized spacial score (nSPS) is 12.1. The fraction of sp³-hybridized carbons (Fsp3) is 0.0312. The molecule has 2 heterocycles. The number of ketones is 1. The summed E-state index contributed by atoms with van der Waals surface area (Å²) >= 11 is 6.16. The molecule has 0 saturated carbocycles. The SMILES string of the molecule is Cn1c(=O)cc2c3c(c(Nc4cc(Nc5nc(Cl)nc(Nc6ccccc6)n5)ccc4S(=O)(=O)O)ccc31)C(=O)c1ccccc1-2. The second-order valence-electron chi connectivity index (χ2n) is 10.4. The lowest BCUT2D eigenvalue weighted by molar-refractivity contribution is 0.104. The largest absolute Gasteiger partial charge is 0.354 e. The number of halogens is 1. The topological polar surface area (TPSA) is 168 Å². The highest BCUT2D eigenvalue weighted by atomic mass is 35.5. The molecule has 4 N–H and O–H groups in total. The average Bonchev–Trinajstić information content (AvgIpc) is 3.02. The van der Waals surface area contributed by atoms with Gasteiger partial charge in [-0.1, -0.05) is 42.5 Å². The average molecular weight is 652 g/mol. The molecule has 0 unspecified atom stereocenters. The number of pyridine rings is 1. The first-order valence-electron chi connectivity index (χ1n) is 13.8. The number of aryl methyl sites for hydroxylation is 1. The van der Waals surface area contributed by atoms with Crippen LogP contribution in [0.1, 0.15) is 15.9 Å². The van der Waals surface area contributed by atoms with Gasteiger partial charge in [0.15, 0.2) is 5.78 Å². The maximum absolute atomic E-state index is 13.9. The molecule has 0 bridgehead atoms. The highest BCUT2D eigenvalue weighted by Gasteiger charge is 2.29. The molecular weight excluding hydrogens is 630 g/mol. The molecule has 0 radical (unpaired) electrons. The quantitative estimate of drug-likeness (QED) is 0.148. The Hall–Kier alpha value is -5.63. The first-order chi connectivity index (χ1) is 22.1. The molecule has 228 valence electrons. The van der Waals surface area contributed by atoms with Crippen LogP contribution in [0.25, 0.3) is 22.0 Å². The van der Waals surface area contributed by atoms with E-state index < -0.39 is 15.0 Å². The van der Waals surface area contributed by atoms with E-state index in [1.807, 2.05) is 30.3 Å². The summed E-state index contributed by atoms with van der Waals surface area (Å²) in [5, 5.41) is 9.51. The maximum atomic E-state index is 13.9. The van der Waals surface area contributed by atoms with Gasteiger partial charge in [-0.05, 0) is 65.2 Å². The van der Waals surface area contributed by atoms with Crippen molar-refractivity contribution in [3.8, 4) is 11.1 Å². The van der Waals surface area contributed by atoms with Crippen molar-refractivity contribution < 1.29 is 17.8 Å². The lowest BCUT2D eigenvalue weighted by Crippen LogP contribution is -2.21. The van der Waals surface area contributed by atoms with Crippen LogP contribution in [0.15, 0.2) is 101 Å². The summed E-state index contributed by atoms with van der Waals surface area (Å²) in [5.74, 6) is -0.0844. The van der Waals surface area contributed by atoms with Gasteiger partial charge >= 0.3 is 0 Å². The number of carbonyl (C=O) groups excluding carboxylic acids is 1. The van der Waals surface area contributed by atoms with Gasteiger partial charge in [0.2, 0.25) is 17.2 Å². The summed E-state index contributed by atoms with van der Waals surface area (Å²) in [6.45, 7) is 0. The van der Waals surface area contributed by atoms with Gasteiger partial charge in [-0.15, -0.1) is 0 Å². The first-order valence-corrected chi connectivity index (χ1v) is 15.6. The second-order valence-corrected chi connectivity index (χ2v) is 12.1. The summed E-state index contributed by atoms with van der Waals surface area (Å²) in [7, 11) is -3.10. The smallest absolute Gasteiger partial charge is 0.296 e. The van der Waals surface area contributed by atoms with E-state index >= 15 is 0 Å². The van der Waals surface area contributed by atoms with Crippen LogP contribution in [0, 0.1) is 0 Å². The van der Waals surface area contributed by atoms with E-state index in [-0.39, 0.29) is 45.5 Å². The van der Waals surface area contributed by atoms with E-state index in [0.717, 1.165) is 5.69 Å². The molecule has 0 amide bonds. The van der Waals surface area contributed by atoms with E-state index in [4.69, 9.17) is 11.6 Å². The summed E-state index contributed by atoms with van der Waals surface area (Å²) in [5.41, 5.74) is 3.44. The third-order valence-corrected chi connectivity index (χ3v) is 8.60. The van der Waals surface area contributed by atoms with Gasteiger partial charge in [-0.2, -0.15) is 23.4 Å². The van der Waals surface area contributed by atoms with Crippen LogP contribution in [0.3, 0.4) is 0 Å². The maximum Gasteiger partial charge on any atom is 0.296 e. The molecule has 4 aromatic carbocycles. The van der Waals surface area contributed by atoms with Crippen LogP contribution < -0.4 is 21.5 Å². The van der Waals surface area contributed by atoms with Gasteiger partial charge in [-0.3, -0.25) is 14.1 Å². The zero-order valence-electron chi connectivity index (χ0n) is 23.8. The highest BCUT2D eigenvalue weighted by Crippen LogP contribution is 2.42. The van der Waals surface area contributed by atoms with E-state index in [2.05, 4.69) is 30.9 Å². The van der Waals surface area contributed by atoms with Crippen molar-refractivity contribution in [3.63, 3.8) is 0 Å². The molecule has 0 saturated heterocycles. The molecule has 7 rings (SSSR count). The number of hydrogen-bond acceptors (Lipinski definition) is 10. The fourth-order valence-corrected chi connectivity index (χ4v) is 6.26. The minimum absolute atomic E-state index is 0.0380. The highest BCUT2D eigenvalue weighted by molar-refractivity contribution is 7.86. The molecular formula is C32H22ClN7O5S. The number of rotatable bonds is 7. The number of nitrogens with one attached hydrogen (secondary N) is 3. The Labute approximate surface area is 266 Å². The van der Waals surface area contributed by atoms with Gasteiger partial charge in [-0.25, -0.2) is 0 Å². The Morgan fingerprint density at radius 1 is 0.717 bits per heavy atom. The van der Waals surface area contributed by atoms with Crippen molar-refractivity contribution in [2.45, 2.75) is 4.90 Å². The Bertz CT molecular complexity index is 2400. The van der Waals surface area contributed by atoms with Gasteiger partial charge < -0.3 is 20.5 Å². The van der Waals surface area contributed by atoms with Crippen molar-refractivity contribution in [1.29, 1.82) is 0 Å². The van der Waals surface area contributed by atoms with Crippen LogP contribution in [0.2, 0.25) is 5.28 Å². The number of anilines is 6. The lowest BCUT2D eigenvalue weighted by Gasteiger charge is -2.24. The summed E-state index contributed by atoms with van der Waals surface area (Å²) in [6, 6.07) is 25.0. The number of nitrogens with zero attached hydrogens (tertiary/aromatic N) is 4. The van der Waals surface area contributed by atoms with E-state index in [1.165, 1.54) is 28.8 Å². The molecule has 6 aromatic rings. The van der Waals surface area contributed by atoms with Crippen molar-refractivity contribution in [2.24, 2.45) is 7.05 Å². The third-order valence-electron chi connectivity index (χ3n) is 7.52. The Morgan fingerprint density at radius 2 is 1.39 bits per heavy atom. The van der Waals surface area contributed by atoms with Crippen molar-refractivity contribution >= 4 is 73.1 Å². The Kier molecular flexibility index (Phi) is 7.00. The molecule has 1 aliphatic rings.